The van der Waals surface area contributed by atoms with Crippen LogP contribution in [0.4, 0.5) is 5.69 Å². The lowest BCUT2D eigenvalue weighted by molar-refractivity contribution is 0.584. The van der Waals surface area contributed by atoms with Gasteiger partial charge in [0, 0.05) is 13.1 Å². The molecule has 118 valence electrons. The largest absolute Gasteiger partial charge is 0.314 e. The number of aryl methyl sites for hydroxylation is 2. The monoisotopic (exact) mass is 310 g/mol. The lowest BCUT2D eigenvalue weighted by atomic mass is 10.1. The molecule has 0 aliphatic heterocycles. The number of benzene rings is 1. The standard InChI is InChI=1S/C16H26N2O2S/c1-13-10-14(2)12-16(11-13)18(3)21(19,20)9-5-4-8-17-15-6-7-15/h10-12,15,17H,4-9H2,1-3H3. The molecule has 0 radical (unpaired) electrons. The first-order valence-corrected chi connectivity index (χ1v) is 9.28. The third kappa shape index (κ3) is 5.00. The zero-order chi connectivity index (χ0) is 15.5. The molecular weight excluding hydrogens is 284 g/mol. The van der Waals surface area contributed by atoms with Gasteiger partial charge in [-0.1, -0.05) is 6.07 Å². The van der Waals surface area contributed by atoms with E-state index in [-0.39, 0.29) is 5.75 Å². The Hall–Kier alpha value is -1.07. The van der Waals surface area contributed by atoms with E-state index in [2.05, 4.69) is 5.32 Å². The van der Waals surface area contributed by atoms with Gasteiger partial charge in [0.15, 0.2) is 0 Å². The van der Waals surface area contributed by atoms with Gasteiger partial charge in [-0.05, 0) is 69.3 Å². The van der Waals surface area contributed by atoms with E-state index in [1.165, 1.54) is 17.1 Å². The van der Waals surface area contributed by atoms with Gasteiger partial charge in [0.2, 0.25) is 10.0 Å². The highest BCUT2D eigenvalue weighted by Crippen LogP contribution is 2.21. The Morgan fingerprint density at radius 3 is 2.33 bits per heavy atom. The van der Waals surface area contributed by atoms with E-state index in [0.717, 1.165) is 29.8 Å². The van der Waals surface area contributed by atoms with Gasteiger partial charge in [0.1, 0.15) is 0 Å². The highest BCUT2D eigenvalue weighted by Gasteiger charge is 2.21. The fraction of sp³-hybridized carbons (Fsp3) is 0.625. The van der Waals surface area contributed by atoms with Crippen molar-refractivity contribution in [2.75, 3.05) is 23.7 Å². The molecule has 1 aromatic rings. The first-order valence-electron chi connectivity index (χ1n) is 7.67. The third-order valence-electron chi connectivity index (χ3n) is 3.83. The van der Waals surface area contributed by atoms with Gasteiger partial charge in [-0.15, -0.1) is 0 Å². The van der Waals surface area contributed by atoms with E-state index >= 15 is 0 Å². The van der Waals surface area contributed by atoms with Crippen LogP contribution in [0.1, 0.15) is 36.8 Å². The zero-order valence-corrected chi connectivity index (χ0v) is 14.0. The summed E-state index contributed by atoms with van der Waals surface area (Å²) in [5.41, 5.74) is 2.92. The molecule has 1 aliphatic carbocycles. The smallest absolute Gasteiger partial charge is 0.234 e. The van der Waals surface area contributed by atoms with Crippen LogP contribution >= 0.6 is 0 Å². The predicted molar refractivity (Wildman–Crippen MR) is 88.4 cm³/mol. The van der Waals surface area contributed by atoms with Crippen LogP contribution in [0.5, 0.6) is 0 Å². The number of nitrogens with one attached hydrogen (secondary N) is 1. The van der Waals surface area contributed by atoms with Gasteiger partial charge >= 0.3 is 0 Å². The summed E-state index contributed by atoms with van der Waals surface area (Å²) in [5.74, 6) is 0.211. The number of anilines is 1. The molecule has 1 aliphatic rings. The second-order valence-electron chi connectivity index (χ2n) is 6.06. The fourth-order valence-electron chi connectivity index (χ4n) is 2.43. The zero-order valence-electron chi connectivity index (χ0n) is 13.2. The normalized spacial score (nSPS) is 15.2. The van der Waals surface area contributed by atoms with Gasteiger partial charge in [0.05, 0.1) is 11.4 Å². The first-order chi connectivity index (χ1) is 9.88. The molecule has 1 saturated carbocycles. The van der Waals surface area contributed by atoms with Crippen molar-refractivity contribution in [3.8, 4) is 0 Å². The Bertz CT molecular complexity index is 560. The maximum absolute atomic E-state index is 12.4. The summed E-state index contributed by atoms with van der Waals surface area (Å²) in [4.78, 5) is 0. The van der Waals surface area contributed by atoms with Crippen molar-refractivity contribution in [1.29, 1.82) is 0 Å². The number of hydrogen-bond donors (Lipinski definition) is 1. The van der Waals surface area contributed by atoms with Crippen molar-refractivity contribution < 1.29 is 8.42 Å². The Kier molecular flexibility index (Phi) is 5.27. The molecule has 1 aromatic carbocycles. The average Bonchev–Trinajstić information content (AvgIpc) is 3.20. The lowest BCUT2D eigenvalue weighted by Crippen LogP contribution is -2.29. The molecule has 0 atom stereocenters. The summed E-state index contributed by atoms with van der Waals surface area (Å²) in [6.45, 7) is 4.90. The van der Waals surface area contributed by atoms with Crippen LogP contribution in [0.25, 0.3) is 0 Å². The molecule has 0 heterocycles. The Balaban J connectivity index is 1.87. The summed E-state index contributed by atoms with van der Waals surface area (Å²) in [5, 5.41) is 3.41. The van der Waals surface area contributed by atoms with Crippen LogP contribution in [0.2, 0.25) is 0 Å². The van der Waals surface area contributed by atoms with E-state index in [1.54, 1.807) is 7.05 Å². The van der Waals surface area contributed by atoms with E-state index in [1.807, 2.05) is 32.0 Å². The van der Waals surface area contributed by atoms with Crippen LogP contribution in [0, 0.1) is 13.8 Å². The first kappa shape index (κ1) is 16.3. The second-order valence-corrected chi connectivity index (χ2v) is 8.18. The summed E-state index contributed by atoms with van der Waals surface area (Å²) in [6.07, 6.45) is 4.16. The molecule has 5 heteroatoms. The molecule has 1 N–H and O–H groups in total. The molecule has 21 heavy (non-hydrogen) atoms. The minimum Gasteiger partial charge on any atom is -0.314 e. The molecule has 0 bridgehead atoms. The van der Waals surface area contributed by atoms with Gasteiger partial charge < -0.3 is 5.32 Å². The number of rotatable bonds is 8. The number of unbranched alkanes of at least 4 members (excludes halogenated alkanes) is 1. The maximum atomic E-state index is 12.4. The number of hydrogen-bond acceptors (Lipinski definition) is 3. The van der Waals surface area contributed by atoms with E-state index < -0.39 is 10.0 Å². The van der Waals surface area contributed by atoms with Gasteiger partial charge in [-0.25, -0.2) is 8.42 Å². The Morgan fingerprint density at radius 1 is 1.14 bits per heavy atom. The summed E-state index contributed by atoms with van der Waals surface area (Å²) >= 11 is 0. The molecule has 4 nitrogen and oxygen atoms in total. The molecule has 0 aromatic heterocycles. The predicted octanol–water partition coefficient (Wildman–Crippen LogP) is 2.60. The van der Waals surface area contributed by atoms with Crippen LogP contribution in [0.3, 0.4) is 0 Å². The van der Waals surface area contributed by atoms with E-state index in [0.29, 0.717) is 12.5 Å². The van der Waals surface area contributed by atoms with Gasteiger partial charge in [0.25, 0.3) is 0 Å². The number of nitrogens with zero attached hydrogens (tertiary/aromatic N) is 1. The van der Waals surface area contributed by atoms with E-state index in [9.17, 15) is 8.42 Å². The summed E-state index contributed by atoms with van der Waals surface area (Å²) in [6, 6.07) is 6.57. The van der Waals surface area contributed by atoms with Crippen LogP contribution < -0.4 is 9.62 Å². The fourth-order valence-corrected chi connectivity index (χ4v) is 3.70. The van der Waals surface area contributed by atoms with Crippen LogP contribution in [0.15, 0.2) is 18.2 Å². The van der Waals surface area contributed by atoms with Crippen molar-refractivity contribution >= 4 is 15.7 Å². The molecule has 0 unspecified atom stereocenters. The van der Waals surface area contributed by atoms with Crippen molar-refractivity contribution in [2.24, 2.45) is 0 Å². The third-order valence-corrected chi connectivity index (χ3v) is 5.68. The maximum Gasteiger partial charge on any atom is 0.234 e. The molecular formula is C16H26N2O2S. The van der Waals surface area contributed by atoms with Crippen molar-refractivity contribution in [2.45, 2.75) is 45.6 Å². The van der Waals surface area contributed by atoms with Crippen molar-refractivity contribution in [1.82, 2.24) is 5.32 Å². The van der Waals surface area contributed by atoms with Gasteiger partial charge in [-0.3, -0.25) is 4.31 Å². The van der Waals surface area contributed by atoms with Crippen LogP contribution in [-0.4, -0.2) is 33.8 Å². The van der Waals surface area contributed by atoms with E-state index in [4.69, 9.17) is 0 Å². The molecule has 1 fully saturated rings. The summed E-state index contributed by atoms with van der Waals surface area (Å²) < 4.78 is 26.2. The molecule has 0 spiro atoms. The van der Waals surface area contributed by atoms with Gasteiger partial charge in [-0.2, -0.15) is 0 Å². The van der Waals surface area contributed by atoms with Crippen molar-refractivity contribution in [3.05, 3.63) is 29.3 Å². The lowest BCUT2D eigenvalue weighted by Gasteiger charge is -2.20. The summed E-state index contributed by atoms with van der Waals surface area (Å²) in [7, 11) is -1.58. The topological polar surface area (TPSA) is 49.4 Å². The number of sulfonamides is 1. The van der Waals surface area contributed by atoms with Crippen LogP contribution in [-0.2, 0) is 10.0 Å². The average molecular weight is 310 g/mol. The Morgan fingerprint density at radius 2 is 1.76 bits per heavy atom. The minimum absolute atomic E-state index is 0.211. The molecule has 0 saturated heterocycles. The highest BCUT2D eigenvalue weighted by molar-refractivity contribution is 7.92. The highest BCUT2D eigenvalue weighted by atomic mass is 32.2. The molecule has 2 rings (SSSR count). The molecule has 0 amide bonds. The minimum atomic E-state index is -3.23. The van der Waals surface area contributed by atoms with Crippen molar-refractivity contribution in [3.63, 3.8) is 0 Å². The SMILES string of the molecule is Cc1cc(C)cc(N(C)S(=O)(=O)CCCCNC2CC2)c1. The second kappa shape index (κ2) is 6.79. The quantitative estimate of drug-likeness (QED) is 0.751. The Labute approximate surface area is 128 Å².